The molecule has 0 N–H and O–H groups in total. The smallest absolute Gasteiger partial charge is 0.212 e. The van der Waals surface area contributed by atoms with E-state index in [4.69, 9.17) is 22.3 Å². The van der Waals surface area contributed by atoms with Crippen molar-refractivity contribution in [3.63, 3.8) is 0 Å². The fourth-order valence-electron chi connectivity index (χ4n) is 2.72. The van der Waals surface area contributed by atoms with Gasteiger partial charge in [0.05, 0.1) is 5.75 Å². The molecule has 0 atom stereocenters. The quantitative estimate of drug-likeness (QED) is 0.796. The van der Waals surface area contributed by atoms with Crippen molar-refractivity contribution in [1.82, 2.24) is 0 Å². The summed E-state index contributed by atoms with van der Waals surface area (Å²) in [7, 11) is 1.93. The summed E-state index contributed by atoms with van der Waals surface area (Å²) in [6.07, 6.45) is 3.80. The van der Waals surface area contributed by atoms with Gasteiger partial charge in [-0.05, 0) is 30.5 Å². The predicted molar refractivity (Wildman–Crippen MR) is 71.2 cm³/mol. The molecule has 1 aromatic carbocycles. The van der Waals surface area contributed by atoms with Crippen molar-refractivity contribution in [1.29, 1.82) is 0 Å². The van der Waals surface area contributed by atoms with Crippen LogP contribution < -0.4 is 0 Å². The van der Waals surface area contributed by atoms with E-state index in [1.807, 2.05) is 18.2 Å². The van der Waals surface area contributed by atoms with Gasteiger partial charge in [-0.2, -0.15) is 0 Å². The van der Waals surface area contributed by atoms with E-state index < -0.39 is 9.05 Å². The third-order valence-electron chi connectivity index (χ3n) is 3.45. The molecule has 1 aromatic rings. The molecule has 1 saturated carbocycles. The molecule has 1 aliphatic rings. The van der Waals surface area contributed by atoms with Crippen LogP contribution in [0.1, 0.15) is 31.2 Å². The van der Waals surface area contributed by atoms with Crippen molar-refractivity contribution in [2.24, 2.45) is 0 Å². The molecule has 2 rings (SSSR count). The molecule has 0 amide bonds. The average Bonchev–Trinajstić information content (AvgIpc) is 2.65. The molecule has 0 aromatic heterocycles. The lowest BCUT2D eigenvalue weighted by atomic mass is 9.81. The zero-order valence-electron chi connectivity index (χ0n) is 9.33. The summed E-state index contributed by atoms with van der Waals surface area (Å²) < 4.78 is 22.8. The lowest BCUT2D eigenvalue weighted by Gasteiger charge is -2.28. The Bertz CT molecular complexity index is 505. The summed E-state index contributed by atoms with van der Waals surface area (Å²) in [5.74, 6) is 0.00188. The van der Waals surface area contributed by atoms with Gasteiger partial charge < -0.3 is 0 Å². The molecule has 1 aliphatic carbocycles. The molecule has 0 unspecified atom stereocenters. The van der Waals surface area contributed by atoms with Crippen molar-refractivity contribution < 1.29 is 8.42 Å². The molecule has 0 bridgehead atoms. The number of hydrogen-bond donors (Lipinski definition) is 0. The van der Waals surface area contributed by atoms with Crippen LogP contribution in [0.5, 0.6) is 0 Å². The zero-order chi connectivity index (χ0) is 12.5. The third kappa shape index (κ3) is 3.15. The van der Waals surface area contributed by atoms with Gasteiger partial charge >= 0.3 is 0 Å². The maximum Gasteiger partial charge on any atom is 0.233 e. The lowest BCUT2D eigenvalue weighted by Crippen LogP contribution is -2.30. The van der Waals surface area contributed by atoms with E-state index in [0.29, 0.717) is 5.02 Å². The van der Waals surface area contributed by atoms with E-state index in [1.165, 1.54) is 0 Å². The first kappa shape index (κ1) is 13.2. The molecule has 0 spiro atoms. The maximum atomic E-state index is 11.4. The summed E-state index contributed by atoms with van der Waals surface area (Å²) in [5.41, 5.74) is 0.651. The van der Waals surface area contributed by atoms with E-state index in [0.717, 1.165) is 31.2 Å². The van der Waals surface area contributed by atoms with Crippen LogP contribution in [0.15, 0.2) is 24.3 Å². The van der Waals surface area contributed by atoms with Crippen LogP contribution in [0.3, 0.4) is 0 Å². The molecule has 0 aliphatic heterocycles. The molecule has 1 fully saturated rings. The van der Waals surface area contributed by atoms with Crippen LogP contribution in [0.2, 0.25) is 5.02 Å². The Morgan fingerprint density at radius 1 is 1.24 bits per heavy atom. The van der Waals surface area contributed by atoms with Gasteiger partial charge in [0.2, 0.25) is 9.05 Å². The first-order valence-electron chi connectivity index (χ1n) is 5.60. The van der Waals surface area contributed by atoms with E-state index >= 15 is 0 Å². The minimum Gasteiger partial charge on any atom is -0.212 e. The number of benzene rings is 1. The molecule has 0 radical (unpaired) electrons. The summed E-state index contributed by atoms with van der Waals surface area (Å²) >= 11 is 5.97. The largest absolute Gasteiger partial charge is 0.233 e. The monoisotopic (exact) mass is 292 g/mol. The first-order chi connectivity index (χ1) is 7.91. The van der Waals surface area contributed by atoms with Crippen molar-refractivity contribution in [2.45, 2.75) is 31.1 Å². The summed E-state index contributed by atoms with van der Waals surface area (Å²) in [5, 5.41) is 0.640. The normalized spacial score (nSPS) is 19.4. The second-order valence-electron chi connectivity index (χ2n) is 4.68. The summed E-state index contributed by atoms with van der Waals surface area (Å²) in [6, 6.07) is 7.45. The van der Waals surface area contributed by atoms with Crippen LogP contribution in [0.4, 0.5) is 0 Å². The second-order valence-corrected chi connectivity index (χ2v) is 7.89. The SMILES string of the molecule is O=S(=O)(Cl)CC1(c2cccc(Cl)c2)CCCC1. The number of rotatable bonds is 3. The Morgan fingerprint density at radius 3 is 2.41 bits per heavy atom. The molecule has 0 saturated heterocycles. The van der Waals surface area contributed by atoms with Gasteiger partial charge in [-0.1, -0.05) is 36.6 Å². The highest BCUT2D eigenvalue weighted by atomic mass is 35.7. The fourth-order valence-corrected chi connectivity index (χ4v) is 4.65. The Hall–Kier alpha value is -0.250. The molecular weight excluding hydrogens is 279 g/mol. The van der Waals surface area contributed by atoms with Crippen LogP contribution in [0, 0.1) is 0 Å². The lowest BCUT2D eigenvalue weighted by molar-refractivity contribution is 0.485. The Labute approximate surface area is 111 Å². The topological polar surface area (TPSA) is 34.1 Å². The van der Waals surface area contributed by atoms with Crippen molar-refractivity contribution in [3.8, 4) is 0 Å². The number of hydrogen-bond acceptors (Lipinski definition) is 2. The van der Waals surface area contributed by atoms with Gasteiger partial charge in [0, 0.05) is 21.1 Å². The molecule has 94 valence electrons. The molecule has 0 heterocycles. The molecular formula is C12H14Cl2O2S. The number of halogens is 2. The second kappa shape index (κ2) is 4.79. The first-order valence-corrected chi connectivity index (χ1v) is 8.45. The standard InChI is InChI=1S/C12H14Cl2O2S/c13-11-5-3-4-10(8-11)12(6-1-2-7-12)9-17(14,15)16/h3-5,8H,1-2,6-7,9H2. The van der Waals surface area contributed by atoms with Gasteiger partial charge in [-0.25, -0.2) is 8.42 Å². The minimum atomic E-state index is -3.50. The Balaban J connectivity index is 2.41. The van der Waals surface area contributed by atoms with Crippen molar-refractivity contribution >= 4 is 31.3 Å². The Morgan fingerprint density at radius 2 is 1.88 bits per heavy atom. The van der Waals surface area contributed by atoms with Crippen LogP contribution in [-0.4, -0.2) is 14.2 Å². The van der Waals surface area contributed by atoms with E-state index in [9.17, 15) is 8.42 Å². The zero-order valence-corrected chi connectivity index (χ0v) is 11.7. The van der Waals surface area contributed by atoms with E-state index in [-0.39, 0.29) is 11.2 Å². The van der Waals surface area contributed by atoms with Crippen LogP contribution in [0.25, 0.3) is 0 Å². The third-order valence-corrected chi connectivity index (χ3v) is 4.91. The van der Waals surface area contributed by atoms with Gasteiger partial charge in [0.15, 0.2) is 0 Å². The average molecular weight is 293 g/mol. The Kier molecular flexibility index (Phi) is 3.71. The van der Waals surface area contributed by atoms with Crippen molar-refractivity contribution in [3.05, 3.63) is 34.9 Å². The molecule has 17 heavy (non-hydrogen) atoms. The maximum absolute atomic E-state index is 11.4. The van der Waals surface area contributed by atoms with Gasteiger partial charge in [0.25, 0.3) is 0 Å². The van der Waals surface area contributed by atoms with Crippen molar-refractivity contribution in [2.75, 3.05) is 5.75 Å². The molecule has 2 nitrogen and oxygen atoms in total. The summed E-state index contributed by atoms with van der Waals surface area (Å²) in [6.45, 7) is 0. The predicted octanol–water partition coefficient (Wildman–Crippen LogP) is 3.72. The van der Waals surface area contributed by atoms with Gasteiger partial charge in [-0.15, -0.1) is 0 Å². The van der Waals surface area contributed by atoms with E-state index in [1.54, 1.807) is 6.07 Å². The molecule has 5 heteroatoms. The van der Waals surface area contributed by atoms with Crippen LogP contribution in [-0.2, 0) is 14.5 Å². The van der Waals surface area contributed by atoms with Gasteiger partial charge in [-0.3, -0.25) is 0 Å². The highest BCUT2D eigenvalue weighted by Gasteiger charge is 2.39. The van der Waals surface area contributed by atoms with Gasteiger partial charge in [0.1, 0.15) is 0 Å². The summed E-state index contributed by atoms with van der Waals surface area (Å²) in [4.78, 5) is 0. The van der Waals surface area contributed by atoms with E-state index in [2.05, 4.69) is 0 Å². The minimum absolute atomic E-state index is 0.00188. The highest BCUT2D eigenvalue weighted by Crippen LogP contribution is 2.43. The van der Waals surface area contributed by atoms with Crippen LogP contribution >= 0.6 is 22.3 Å². The fraction of sp³-hybridized carbons (Fsp3) is 0.500. The highest BCUT2D eigenvalue weighted by molar-refractivity contribution is 8.13.